The molecule has 0 amide bonds. The number of carbonyl (C=O) groups excluding carboxylic acids is 3. The van der Waals surface area contributed by atoms with Crippen molar-refractivity contribution in [1.29, 1.82) is 0 Å². The maximum Gasteiger partial charge on any atom is 0.306 e. The second-order valence-corrected chi connectivity index (χ2v) is 15.6. The standard InChI is InChI=1S/C53H88O6/c1-4-7-10-13-16-19-22-23-24-25-26-27-28-29-30-31-32-35-37-40-43-46-52(55)58-49-50(59-53(56)47-44-41-38-34-21-18-15-12-9-6-3)48-57-51(54)45-42-39-36-33-20-17-14-11-8-5-2/h7,10,12,15-16,19,23-24,26-27,29-30,32,35,50H,4-6,8-9,11,13-14,17-18,20-22,25,28,31,33-34,36-49H2,1-3H3/b10-7-,15-12-,19-16-,24-23-,27-26-,30-29-,35-32-. The molecule has 0 N–H and O–H groups in total. The maximum absolute atomic E-state index is 12.7. The first kappa shape index (κ1) is 55.6. The van der Waals surface area contributed by atoms with Gasteiger partial charge < -0.3 is 14.2 Å². The summed E-state index contributed by atoms with van der Waals surface area (Å²) in [7, 11) is 0. The van der Waals surface area contributed by atoms with Gasteiger partial charge in [-0.05, 0) is 89.9 Å². The molecule has 6 nitrogen and oxygen atoms in total. The summed E-state index contributed by atoms with van der Waals surface area (Å²) in [5.74, 6) is -0.957. The molecule has 0 aromatic rings. The monoisotopic (exact) mass is 821 g/mol. The molecule has 0 spiro atoms. The van der Waals surface area contributed by atoms with Crippen LogP contribution in [0.15, 0.2) is 85.1 Å². The molecule has 0 aromatic heterocycles. The summed E-state index contributed by atoms with van der Waals surface area (Å²) in [6.07, 6.45) is 60.0. The zero-order valence-electron chi connectivity index (χ0n) is 38.2. The molecular weight excluding hydrogens is 733 g/mol. The smallest absolute Gasteiger partial charge is 0.306 e. The lowest BCUT2D eigenvalue weighted by molar-refractivity contribution is -0.167. The fourth-order valence-corrected chi connectivity index (χ4v) is 6.27. The zero-order valence-corrected chi connectivity index (χ0v) is 38.2. The Balaban J connectivity index is 4.39. The molecule has 336 valence electrons. The van der Waals surface area contributed by atoms with Gasteiger partial charge in [-0.1, -0.05) is 189 Å². The second-order valence-electron chi connectivity index (χ2n) is 15.6. The molecular formula is C53H88O6. The number of ether oxygens (including phenoxy) is 3. The summed E-state index contributed by atoms with van der Waals surface area (Å²) >= 11 is 0. The fraction of sp³-hybridized carbons (Fsp3) is 0.679. The molecule has 0 saturated carbocycles. The van der Waals surface area contributed by atoms with E-state index in [1.165, 1.54) is 57.8 Å². The molecule has 0 aliphatic heterocycles. The summed E-state index contributed by atoms with van der Waals surface area (Å²) in [5, 5.41) is 0. The summed E-state index contributed by atoms with van der Waals surface area (Å²) in [6.45, 7) is 6.39. The largest absolute Gasteiger partial charge is 0.462 e. The normalized spacial score (nSPS) is 12.8. The van der Waals surface area contributed by atoms with Gasteiger partial charge in [0.25, 0.3) is 0 Å². The highest BCUT2D eigenvalue weighted by Gasteiger charge is 2.19. The van der Waals surface area contributed by atoms with Crippen LogP contribution in [0.5, 0.6) is 0 Å². The van der Waals surface area contributed by atoms with Crippen molar-refractivity contribution in [2.75, 3.05) is 13.2 Å². The van der Waals surface area contributed by atoms with E-state index in [2.05, 4.69) is 106 Å². The number of esters is 3. The lowest BCUT2D eigenvalue weighted by Gasteiger charge is -2.18. The molecule has 0 heterocycles. The maximum atomic E-state index is 12.7. The Morgan fingerprint density at radius 3 is 1.15 bits per heavy atom. The Hall–Kier alpha value is -3.41. The van der Waals surface area contributed by atoms with Crippen molar-refractivity contribution in [3.8, 4) is 0 Å². The Morgan fingerprint density at radius 2 is 0.695 bits per heavy atom. The highest BCUT2D eigenvalue weighted by molar-refractivity contribution is 5.71. The molecule has 0 saturated heterocycles. The highest BCUT2D eigenvalue weighted by Crippen LogP contribution is 2.13. The quantitative estimate of drug-likeness (QED) is 0.0264. The van der Waals surface area contributed by atoms with Crippen molar-refractivity contribution in [2.45, 2.75) is 219 Å². The van der Waals surface area contributed by atoms with E-state index in [9.17, 15) is 14.4 Å². The van der Waals surface area contributed by atoms with Crippen molar-refractivity contribution in [2.24, 2.45) is 0 Å². The third-order valence-electron chi connectivity index (χ3n) is 9.86. The number of allylic oxidation sites excluding steroid dienone is 14. The minimum atomic E-state index is -0.795. The van der Waals surface area contributed by atoms with Crippen molar-refractivity contribution in [1.82, 2.24) is 0 Å². The third kappa shape index (κ3) is 45.5. The third-order valence-corrected chi connectivity index (χ3v) is 9.86. The van der Waals surface area contributed by atoms with Crippen molar-refractivity contribution >= 4 is 17.9 Å². The van der Waals surface area contributed by atoms with Gasteiger partial charge >= 0.3 is 17.9 Å². The number of hydrogen-bond donors (Lipinski definition) is 0. The van der Waals surface area contributed by atoms with Gasteiger partial charge in [0.15, 0.2) is 6.10 Å². The van der Waals surface area contributed by atoms with Gasteiger partial charge in [0.1, 0.15) is 13.2 Å². The molecule has 0 aliphatic carbocycles. The fourth-order valence-electron chi connectivity index (χ4n) is 6.27. The molecule has 0 radical (unpaired) electrons. The molecule has 0 bridgehead atoms. The predicted octanol–water partition coefficient (Wildman–Crippen LogP) is 15.6. The van der Waals surface area contributed by atoms with Crippen LogP contribution in [0.2, 0.25) is 0 Å². The number of carbonyl (C=O) groups is 3. The topological polar surface area (TPSA) is 78.9 Å². The van der Waals surface area contributed by atoms with Gasteiger partial charge in [-0.25, -0.2) is 0 Å². The predicted molar refractivity (Wildman–Crippen MR) is 251 cm³/mol. The molecule has 0 aliphatic rings. The molecule has 0 rings (SSSR count). The highest BCUT2D eigenvalue weighted by atomic mass is 16.6. The molecule has 59 heavy (non-hydrogen) atoms. The van der Waals surface area contributed by atoms with Crippen LogP contribution in [0.1, 0.15) is 213 Å². The van der Waals surface area contributed by atoms with Crippen LogP contribution >= 0.6 is 0 Å². The Kier molecular flexibility index (Phi) is 44.5. The molecule has 0 aromatic carbocycles. The minimum absolute atomic E-state index is 0.0934. The van der Waals surface area contributed by atoms with Crippen LogP contribution in [0.3, 0.4) is 0 Å². The average Bonchev–Trinajstić information content (AvgIpc) is 3.23. The van der Waals surface area contributed by atoms with Gasteiger partial charge in [0, 0.05) is 19.3 Å². The first-order valence-electron chi connectivity index (χ1n) is 24.1. The van der Waals surface area contributed by atoms with Gasteiger partial charge in [-0.2, -0.15) is 0 Å². The summed E-state index contributed by atoms with van der Waals surface area (Å²) < 4.78 is 16.7. The van der Waals surface area contributed by atoms with Crippen LogP contribution in [0.4, 0.5) is 0 Å². The van der Waals surface area contributed by atoms with E-state index in [0.717, 1.165) is 116 Å². The molecule has 0 fully saturated rings. The van der Waals surface area contributed by atoms with Crippen molar-refractivity contribution < 1.29 is 28.6 Å². The summed E-state index contributed by atoms with van der Waals surface area (Å²) in [5.41, 5.74) is 0. The molecule has 1 unspecified atom stereocenters. The SMILES string of the molecule is CC/C=C\C/C=C\C/C=C\C/C=C\C/C=C\C/C=C\CCCCC(=O)OCC(COC(=O)CCCCCCCCCCCC)OC(=O)CCCCCCC/C=C\CCC. The van der Waals surface area contributed by atoms with Crippen LogP contribution in [0, 0.1) is 0 Å². The van der Waals surface area contributed by atoms with E-state index in [-0.39, 0.29) is 31.1 Å². The van der Waals surface area contributed by atoms with Crippen LogP contribution in [-0.2, 0) is 28.6 Å². The van der Waals surface area contributed by atoms with E-state index < -0.39 is 6.10 Å². The van der Waals surface area contributed by atoms with Crippen molar-refractivity contribution in [3.63, 3.8) is 0 Å². The molecule has 1 atom stereocenters. The van der Waals surface area contributed by atoms with Crippen LogP contribution in [-0.4, -0.2) is 37.2 Å². The Labute approximate surface area is 363 Å². The van der Waals surface area contributed by atoms with Crippen LogP contribution < -0.4 is 0 Å². The Morgan fingerprint density at radius 1 is 0.356 bits per heavy atom. The van der Waals surface area contributed by atoms with Gasteiger partial charge in [0.05, 0.1) is 0 Å². The zero-order chi connectivity index (χ0) is 43.0. The lowest BCUT2D eigenvalue weighted by atomic mass is 10.1. The first-order valence-corrected chi connectivity index (χ1v) is 24.1. The van der Waals surface area contributed by atoms with Crippen molar-refractivity contribution in [3.05, 3.63) is 85.1 Å². The summed E-state index contributed by atoms with van der Waals surface area (Å²) in [6, 6.07) is 0. The number of unbranched alkanes of at least 4 members (excludes halogenated alkanes) is 17. The van der Waals surface area contributed by atoms with E-state index in [1.807, 2.05) is 0 Å². The van der Waals surface area contributed by atoms with E-state index >= 15 is 0 Å². The average molecular weight is 821 g/mol. The van der Waals surface area contributed by atoms with Crippen LogP contribution in [0.25, 0.3) is 0 Å². The lowest BCUT2D eigenvalue weighted by Crippen LogP contribution is -2.30. The van der Waals surface area contributed by atoms with Gasteiger partial charge in [-0.15, -0.1) is 0 Å². The number of rotatable bonds is 42. The second kappa shape index (κ2) is 47.3. The Bertz CT molecular complexity index is 1170. The van der Waals surface area contributed by atoms with E-state index in [1.54, 1.807) is 0 Å². The number of hydrogen-bond acceptors (Lipinski definition) is 6. The summed E-state index contributed by atoms with van der Waals surface area (Å²) in [4.78, 5) is 37.7. The van der Waals surface area contributed by atoms with E-state index in [4.69, 9.17) is 14.2 Å². The van der Waals surface area contributed by atoms with E-state index in [0.29, 0.717) is 19.3 Å². The molecule has 6 heteroatoms. The van der Waals surface area contributed by atoms with Gasteiger partial charge in [-0.3, -0.25) is 14.4 Å². The first-order chi connectivity index (χ1) is 29.0. The minimum Gasteiger partial charge on any atom is -0.462 e. The van der Waals surface area contributed by atoms with Gasteiger partial charge in [0.2, 0.25) is 0 Å².